The lowest BCUT2D eigenvalue weighted by Gasteiger charge is -2.36. The van der Waals surface area contributed by atoms with Crippen LogP contribution in [0.4, 0.5) is 18.9 Å². The summed E-state index contributed by atoms with van der Waals surface area (Å²) in [5.41, 5.74) is -1.36. The number of carbonyl (C=O) groups is 1. The Labute approximate surface area is 141 Å². The van der Waals surface area contributed by atoms with E-state index in [1.165, 1.54) is 25.3 Å². The fourth-order valence-corrected chi connectivity index (χ4v) is 2.83. The third-order valence-corrected chi connectivity index (χ3v) is 4.06. The number of fused-ring (bicyclic) bond motifs is 1. The number of alkyl halides is 3. The number of rotatable bonds is 3. The molecule has 25 heavy (non-hydrogen) atoms. The minimum Gasteiger partial charge on any atom is -0.478 e. The van der Waals surface area contributed by atoms with Crippen LogP contribution in [0.5, 0.6) is 0 Å². The van der Waals surface area contributed by atoms with Gasteiger partial charge in [0.25, 0.3) is 0 Å². The van der Waals surface area contributed by atoms with Crippen molar-refractivity contribution in [2.24, 2.45) is 0 Å². The number of halogens is 3. The van der Waals surface area contributed by atoms with Crippen LogP contribution in [0.3, 0.4) is 0 Å². The second-order valence-electron chi connectivity index (χ2n) is 5.55. The molecule has 0 aromatic heterocycles. The molecule has 0 saturated carbocycles. The number of ether oxygens (including phenoxy) is 1. The number of methoxy groups -OCH3 is 1. The van der Waals surface area contributed by atoms with Crippen LogP contribution in [0.2, 0.25) is 0 Å². The number of anilines is 1. The third kappa shape index (κ3) is 2.98. The molecule has 0 radical (unpaired) electrons. The Balaban J connectivity index is 2.20. The molecular weight excluding hydrogens is 335 g/mol. The van der Waals surface area contributed by atoms with Crippen molar-refractivity contribution in [3.8, 4) is 0 Å². The van der Waals surface area contributed by atoms with Gasteiger partial charge in [-0.05, 0) is 24.3 Å². The first-order chi connectivity index (χ1) is 11.8. The summed E-state index contributed by atoms with van der Waals surface area (Å²) in [7, 11) is 1.30. The molecule has 0 amide bonds. The van der Waals surface area contributed by atoms with Crippen LogP contribution in [-0.4, -0.2) is 18.2 Å². The highest BCUT2D eigenvalue weighted by Crippen LogP contribution is 2.41. The van der Waals surface area contributed by atoms with Crippen LogP contribution in [-0.2, 0) is 21.4 Å². The van der Waals surface area contributed by atoms with Crippen LogP contribution in [0.15, 0.2) is 54.6 Å². The molecule has 0 bridgehead atoms. The number of carboxylic acid groups (broad SMARTS) is 1. The maximum atomic E-state index is 13.0. The summed E-state index contributed by atoms with van der Waals surface area (Å²) < 4.78 is 44.6. The van der Waals surface area contributed by atoms with Crippen LogP contribution >= 0.6 is 0 Å². The average molecular weight is 349 g/mol. The molecular formula is C18H14F3NO3. The molecule has 0 aliphatic carbocycles. The molecule has 1 atom stereocenters. The van der Waals surface area contributed by atoms with Gasteiger partial charge in [-0.1, -0.05) is 30.3 Å². The first kappa shape index (κ1) is 17.0. The highest BCUT2D eigenvalue weighted by Gasteiger charge is 2.39. The van der Waals surface area contributed by atoms with E-state index in [9.17, 15) is 23.1 Å². The van der Waals surface area contributed by atoms with Crippen molar-refractivity contribution in [3.05, 3.63) is 71.3 Å². The van der Waals surface area contributed by atoms with Crippen molar-refractivity contribution < 1.29 is 27.8 Å². The Morgan fingerprint density at radius 3 is 2.52 bits per heavy atom. The van der Waals surface area contributed by atoms with Gasteiger partial charge in [-0.15, -0.1) is 0 Å². The smallest absolute Gasteiger partial charge is 0.416 e. The van der Waals surface area contributed by atoms with E-state index in [1.807, 2.05) is 0 Å². The van der Waals surface area contributed by atoms with Crippen LogP contribution < -0.4 is 5.32 Å². The zero-order valence-corrected chi connectivity index (χ0v) is 13.1. The zero-order valence-electron chi connectivity index (χ0n) is 13.1. The summed E-state index contributed by atoms with van der Waals surface area (Å²) >= 11 is 0. The van der Waals surface area contributed by atoms with E-state index >= 15 is 0 Å². The van der Waals surface area contributed by atoms with E-state index in [0.29, 0.717) is 11.3 Å². The maximum absolute atomic E-state index is 13.0. The number of nitrogens with one attached hydrogen (secondary N) is 1. The lowest BCUT2D eigenvalue weighted by molar-refractivity contribution is -0.137. The Bertz CT molecular complexity index is 861. The average Bonchev–Trinajstić information content (AvgIpc) is 2.60. The molecule has 2 N–H and O–H groups in total. The Morgan fingerprint density at radius 1 is 1.16 bits per heavy atom. The molecule has 2 aromatic carbocycles. The van der Waals surface area contributed by atoms with Gasteiger partial charge in [0.15, 0.2) is 5.72 Å². The molecule has 1 heterocycles. The van der Waals surface area contributed by atoms with Gasteiger partial charge in [0.05, 0.1) is 11.1 Å². The first-order valence-corrected chi connectivity index (χ1v) is 7.33. The number of benzene rings is 2. The van der Waals surface area contributed by atoms with E-state index in [-0.39, 0.29) is 11.1 Å². The molecule has 130 valence electrons. The Kier molecular flexibility index (Phi) is 4.04. The second kappa shape index (κ2) is 5.93. The number of para-hydroxylation sites is 1. The molecule has 0 spiro atoms. The SMILES string of the molecule is COC1(c2cccc(C(F)(F)F)c2)C=C(C(=O)O)c2ccccc2N1. The molecule has 1 aliphatic heterocycles. The fraction of sp³-hybridized carbons (Fsp3) is 0.167. The van der Waals surface area contributed by atoms with Gasteiger partial charge in [0.1, 0.15) is 0 Å². The molecule has 1 unspecified atom stereocenters. The summed E-state index contributed by atoms with van der Waals surface area (Å²) in [5, 5.41) is 12.5. The minimum atomic E-state index is -4.52. The van der Waals surface area contributed by atoms with Crippen molar-refractivity contribution in [1.82, 2.24) is 0 Å². The highest BCUT2D eigenvalue weighted by molar-refractivity contribution is 6.18. The quantitative estimate of drug-likeness (QED) is 0.876. The molecule has 0 fully saturated rings. The summed E-state index contributed by atoms with van der Waals surface area (Å²) in [6.07, 6.45) is -3.23. The summed E-state index contributed by atoms with van der Waals surface area (Å²) in [6, 6.07) is 11.3. The fourth-order valence-electron chi connectivity index (χ4n) is 2.83. The van der Waals surface area contributed by atoms with Crippen molar-refractivity contribution >= 4 is 17.2 Å². The number of hydrogen-bond acceptors (Lipinski definition) is 3. The Hall–Kier alpha value is -2.80. The molecule has 0 saturated heterocycles. The van der Waals surface area contributed by atoms with Gasteiger partial charge in [-0.3, -0.25) is 0 Å². The summed E-state index contributed by atoms with van der Waals surface area (Å²) in [4.78, 5) is 11.6. The Morgan fingerprint density at radius 2 is 1.88 bits per heavy atom. The summed E-state index contributed by atoms with van der Waals surface area (Å²) in [6.45, 7) is 0. The topological polar surface area (TPSA) is 58.6 Å². The van der Waals surface area contributed by atoms with Gasteiger partial charge in [0.2, 0.25) is 0 Å². The van der Waals surface area contributed by atoms with Crippen LogP contribution in [0.25, 0.3) is 5.57 Å². The van der Waals surface area contributed by atoms with Crippen LogP contribution in [0.1, 0.15) is 16.7 Å². The van der Waals surface area contributed by atoms with Gasteiger partial charge in [-0.2, -0.15) is 13.2 Å². The van der Waals surface area contributed by atoms with E-state index in [4.69, 9.17) is 4.74 Å². The van der Waals surface area contributed by atoms with E-state index in [1.54, 1.807) is 24.3 Å². The minimum absolute atomic E-state index is 0.0476. The molecule has 7 heteroatoms. The maximum Gasteiger partial charge on any atom is 0.416 e. The van der Waals surface area contributed by atoms with Gasteiger partial charge < -0.3 is 15.2 Å². The van der Waals surface area contributed by atoms with E-state index < -0.39 is 23.4 Å². The summed E-state index contributed by atoms with van der Waals surface area (Å²) in [5.74, 6) is -1.19. The molecule has 2 aromatic rings. The molecule has 3 rings (SSSR count). The first-order valence-electron chi connectivity index (χ1n) is 7.33. The standard InChI is InChI=1S/C18H14F3NO3/c1-25-17(11-5-4-6-12(9-11)18(19,20)21)10-14(16(23)24)13-7-2-3-8-15(13)22-17/h2-10,22H,1H3,(H,23,24). The monoisotopic (exact) mass is 349 g/mol. The van der Waals surface area contributed by atoms with Crippen molar-refractivity contribution in [3.63, 3.8) is 0 Å². The van der Waals surface area contributed by atoms with E-state index in [2.05, 4.69) is 5.32 Å². The molecule has 1 aliphatic rings. The second-order valence-corrected chi connectivity index (χ2v) is 5.55. The zero-order chi connectivity index (χ0) is 18.2. The van der Waals surface area contributed by atoms with Crippen molar-refractivity contribution in [2.75, 3.05) is 12.4 Å². The van der Waals surface area contributed by atoms with E-state index in [0.717, 1.165) is 12.1 Å². The third-order valence-electron chi connectivity index (χ3n) is 4.06. The number of hydrogen-bond donors (Lipinski definition) is 2. The van der Waals surface area contributed by atoms with Crippen LogP contribution in [0, 0.1) is 0 Å². The van der Waals surface area contributed by atoms with Crippen molar-refractivity contribution in [1.29, 1.82) is 0 Å². The van der Waals surface area contributed by atoms with Gasteiger partial charge in [0, 0.05) is 23.9 Å². The lowest BCUT2D eigenvalue weighted by atomic mass is 9.90. The predicted molar refractivity (Wildman–Crippen MR) is 85.8 cm³/mol. The number of aliphatic carboxylic acids is 1. The normalized spacial score (nSPS) is 19.6. The van der Waals surface area contributed by atoms with Gasteiger partial charge in [-0.25, -0.2) is 4.79 Å². The highest BCUT2D eigenvalue weighted by atomic mass is 19.4. The largest absolute Gasteiger partial charge is 0.478 e. The number of carboxylic acids is 1. The predicted octanol–water partition coefficient (Wildman–Crippen LogP) is 4.10. The lowest BCUT2D eigenvalue weighted by Crippen LogP contribution is -2.39. The van der Waals surface area contributed by atoms with Crippen molar-refractivity contribution in [2.45, 2.75) is 11.9 Å². The molecule has 4 nitrogen and oxygen atoms in total. The van der Waals surface area contributed by atoms with Gasteiger partial charge >= 0.3 is 12.1 Å².